The Kier molecular flexibility index (Phi) is 5.47. The van der Waals surface area contributed by atoms with Crippen molar-refractivity contribution in [2.75, 3.05) is 24.2 Å². The molecule has 1 fully saturated rings. The molecule has 0 bridgehead atoms. The van der Waals surface area contributed by atoms with Crippen molar-refractivity contribution in [2.45, 2.75) is 45.1 Å². The normalized spacial score (nSPS) is 22.5. The van der Waals surface area contributed by atoms with E-state index in [9.17, 15) is 5.11 Å². The van der Waals surface area contributed by atoms with Gasteiger partial charge in [-0.05, 0) is 50.2 Å². The average Bonchev–Trinajstić information content (AvgIpc) is 2.46. The molecule has 1 aromatic rings. The van der Waals surface area contributed by atoms with Gasteiger partial charge in [-0.2, -0.15) is 4.98 Å². The maximum absolute atomic E-state index is 9.50. The van der Waals surface area contributed by atoms with Crippen molar-refractivity contribution < 1.29 is 9.84 Å². The van der Waals surface area contributed by atoms with Gasteiger partial charge in [-0.15, -0.1) is 0 Å². The van der Waals surface area contributed by atoms with Crippen LogP contribution < -0.4 is 15.8 Å². The van der Waals surface area contributed by atoms with Crippen LogP contribution in [-0.2, 0) is 0 Å². The minimum absolute atomic E-state index is 0.102. The summed E-state index contributed by atoms with van der Waals surface area (Å²) < 4.78 is 5.52. The monoisotopic (exact) mass is 279 g/mol. The molecule has 0 atom stereocenters. The molecule has 0 radical (unpaired) electrons. The van der Waals surface area contributed by atoms with Gasteiger partial charge in [-0.3, -0.25) is 0 Å². The van der Waals surface area contributed by atoms with Crippen LogP contribution in [0.2, 0.25) is 0 Å². The molecule has 1 saturated carbocycles. The number of aliphatic hydroxyl groups excluding tert-OH is 1. The van der Waals surface area contributed by atoms with Gasteiger partial charge in [0.25, 0.3) is 0 Å². The van der Waals surface area contributed by atoms with Gasteiger partial charge in [0, 0.05) is 6.54 Å². The second-order valence-corrected chi connectivity index (χ2v) is 5.49. The Labute approximate surface area is 120 Å². The molecule has 20 heavy (non-hydrogen) atoms. The van der Waals surface area contributed by atoms with Crippen LogP contribution in [0.1, 0.15) is 39.0 Å². The molecule has 1 heterocycles. The molecule has 0 unspecified atom stereocenters. The zero-order valence-corrected chi connectivity index (χ0v) is 12.1. The summed E-state index contributed by atoms with van der Waals surface area (Å²) in [4.78, 5) is 4.40. The molecular formula is C15H25N3O2. The first-order valence-corrected chi connectivity index (χ1v) is 7.50. The van der Waals surface area contributed by atoms with Crippen LogP contribution >= 0.6 is 0 Å². The Hall–Kier alpha value is -1.49. The van der Waals surface area contributed by atoms with Gasteiger partial charge in [-0.25, -0.2) is 0 Å². The fraction of sp³-hybridized carbons (Fsp3) is 0.667. The number of nitrogens with zero attached hydrogens (tertiary/aromatic N) is 1. The molecule has 1 aliphatic carbocycles. The van der Waals surface area contributed by atoms with Crippen molar-refractivity contribution in [1.82, 2.24) is 4.98 Å². The lowest BCUT2D eigenvalue weighted by Crippen LogP contribution is -2.23. The maximum Gasteiger partial charge on any atom is 0.239 e. The minimum Gasteiger partial charge on any atom is -0.476 e. The minimum atomic E-state index is -0.102. The third kappa shape index (κ3) is 4.27. The second-order valence-electron chi connectivity index (χ2n) is 5.49. The van der Waals surface area contributed by atoms with Gasteiger partial charge in [-0.1, -0.05) is 6.92 Å². The first-order chi connectivity index (χ1) is 9.69. The summed E-state index contributed by atoms with van der Waals surface area (Å²) in [6, 6.07) is 3.71. The number of ether oxygens (including phenoxy) is 1. The molecule has 2 rings (SSSR count). The van der Waals surface area contributed by atoms with Gasteiger partial charge in [0.05, 0.1) is 18.4 Å². The fourth-order valence-electron chi connectivity index (χ4n) is 2.46. The molecule has 1 aromatic heterocycles. The predicted octanol–water partition coefficient (Wildman–Crippen LogP) is 2.42. The van der Waals surface area contributed by atoms with E-state index in [1.54, 1.807) is 0 Å². The lowest BCUT2D eigenvalue weighted by molar-refractivity contribution is 0.111. The van der Waals surface area contributed by atoms with E-state index in [0.29, 0.717) is 24.1 Å². The Bertz CT molecular complexity index is 418. The van der Waals surface area contributed by atoms with Crippen molar-refractivity contribution in [3.05, 3.63) is 12.1 Å². The summed E-state index contributed by atoms with van der Waals surface area (Å²) in [5.41, 5.74) is 6.42. The molecule has 0 aromatic carbocycles. The summed E-state index contributed by atoms with van der Waals surface area (Å²) in [6.07, 6.45) is 4.79. The smallest absolute Gasteiger partial charge is 0.239 e. The number of aliphatic hydroxyl groups is 1. The van der Waals surface area contributed by atoms with Gasteiger partial charge in [0.2, 0.25) is 5.88 Å². The summed E-state index contributed by atoms with van der Waals surface area (Å²) >= 11 is 0. The highest BCUT2D eigenvalue weighted by molar-refractivity contribution is 5.53. The van der Waals surface area contributed by atoms with Gasteiger partial charge < -0.3 is 20.9 Å². The molecular weight excluding hydrogens is 254 g/mol. The fourth-order valence-corrected chi connectivity index (χ4v) is 2.46. The van der Waals surface area contributed by atoms with Crippen LogP contribution in [0.4, 0.5) is 11.5 Å². The third-order valence-corrected chi connectivity index (χ3v) is 3.72. The molecule has 0 spiro atoms. The second kappa shape index (κ2) is 7.33. The molecule has 0 aliphatic heterocycles. The summed E-state index contributed by atoms with van der Waals surface area (Å²) in [7, 11) is 0. The van der Waals surface area contributed by atoms with E-state index in [1.165, 1.54) is 0 Å². The number of pyridine rings is 1. The molecule has 112 valence electrons. The summed E-state index contributed by atoms with van der Waals surface area (Å²) in [6.45, 7) is 3.56. The number of nitrogen functional groups attached to an aromatic ring is 1. The van der Waals surface area contributed by atoms with E-state index in [0.717, 1.165) is 44.5 Å². The highest BCUT2D eigenvalue weighted by Gasteiger charge is 2.19. The standard InChI is InChI=1S/C15H25N3O2/c1-2-9-20-15-13(16)7-8-14(18-15)17-10-11-3-5-12(19)6-4-11/h7-8,11-12,19H,2-6,9-10,16H2,1H3,(H,17,18). The van der Waals surface area contributed by atoms with Crippen LogP contribution in [-0.4, -0.2) is 29.3 Å². The number of rotatable bonds is 6. The van der Waals surface area contributed by atoms with E-state index in [4.69, 9.17) is 10.5 Å². The van der Waals surface area contributed by atoms with Crippen LogP contribution in [0.5, 0.6) is 5.88 Å². The SMILES string of the molecule is CCCOc1nc(NCC2CCC(O)CC2)ccc1N. The van der Waals surface area contributed by atoms with Gasteiger partial charge in [0.15, 0.2) is 0 Å². The van der Waals surface area contributed by atoms with E-state index in [-0.39, 0.29) is 6.10 Å². The Balaban J connectivity index is 1.86. The molecule has 5 nitrogen and oxygen atoms in total. The van der Waals surface area contributed by atoms with Crippen molar-refractivity contribution in [2.24, 2.45) is 5.92 Å². The molecule has 0 amide bonds. The number of nitrogens with one attached hydrogen (secondary N) is 1. The largest absolute Gasteiger partial charge is 0.476 e. The Morgan fingerprint density at radius 2 is 2.10 bits per heavy atom. The Morgan fingerprint density at radius 3 is 2.80 bits per heavy atom. The lowest BCUT2D eigenvalue weighted by Gasteiger charge is -2.25. The Morgan fingerprint density at radius 1 is 1.35 bits per heavy atom. The van der Waals surface area contributed by atoms with Crippen molar-refractivity contribution in [3.8, 4) is 5.88 Å². The van der Waals surface area contributed by atoms with Gasteiger partial charge in [0.1, 0.15) is 5.82 Å². The maximum atomic E-state index is 9.50. The van der Waals surface area contributed by atoms with E-state index < -0.39 is 0 Å². The third-order valence-electron chi connectivity index (χ3n) is 3.72. The van der Waals surface area contributed by atoms with Gasteiger partial charge >= 0.3 is 0 Å². The van der Waals surface area contributed by atoms with E-state index in [1.807, 2.05) is 12.1 Å². The average molecular weight is 279 g/mol. The molecule has 1 aliphatic rings. The van der Waals surface area contributed by atoms with Crippen molar-refractivity contribution >= 4 is 11.5 Å². The van der Waals surface area contributed by atoms with Crippen LogP contribution in [0.15, 0.2) is 12.1 Å². The predicted molar refractivity (Wildman–Crippen MR) is 80.9 cm³/mol. The highest BCUT2D eigenvalue weighted by atomic mass is 16.5. The zero-order valence-electron chi connectivity index (χ0n) is 12.1. The van der Waals surface area contributed by atoms with Crippen molar-refractivity contribution in [1.29, 1.82) is 0 Å². The lowest BCUT2D eigenvalue weighted by atomic mass is 9.87. The molecule has 5 heteroatoms. The number of hydrogen-bond acceptors (Lipinski definition) is 5. The summed E-state index contributed by atoms with van der Waals surface area (Å²) in [5.74, 6) is 1.92. The first kappa shape index (κ1) is 14.9. The van der Waals surface area contributed by atoms with Crippen LogP contribution in [0, 0.1) is 5.92 Å². The quantitative estimate of drug-likeness (QED) is 0.745. The van der Waals surface area contributed by atoms with E-state index >= 15 is 0 Å². The molecule has 4 N–H and O–H groups in total. The molecule has 0 saturated heterocycles. The zero-order chi connectivity index (χ0) is 14.4. The van der Waals surface area contributed by atoms with Crippen LogP contribution in [0.25, 0.3) is 0 Å². The number of anilines is 2. The number of nitrogens with two attached hydrogens (primary N) is 1. The topological polar surface area (TPSA) is 80.4 Å². The number of aromatic nitrogens is 1. The van der Waals surface area contributed by atoms with E-state index in [2.05, 4.69) is 17.2 Å². The van der Waals surface area contributed by atoms with Crippen molar-refractivity contribution in [3.63, 3.8) is 0 Å². The van der Waals surface area contributed by atoms with Crippen LogP contribution in [0.3, 0.4) is 0 Å². The summed E-state index contributed by atoms with van der Waals surface area (Å²) in [5, 5.41) is 12.8. The number of hydrogen-bond donors (Lipinski definition) is 3. The first-order valence-electron chi connectivity index (χ1n) is 7.50. The highest BCUT2D eigenvalue weighted by Crippen LogP contribution is 2.25.